The van der Waals surface area contributed by atoms with Gasteiger partial charge in [0, 0.05) is 0 Å². The minimum absolute atomic E-state index is 0.0888. The Hall–Kier alpha value is -2.37. The third-order valence-corrected chi connectivity index (χ3v) is 2.88. The summed E-state index contributed by atoms with van der Waals surface area (Å²) in [6, 6.07) is 7.91. The van der Waals surface area contributed by atoms with Crippen molar-refractivity contribution >= 4 is 11.5 Å². The predicted octanol–water partition coefficient (Wildman–Crippen LogP) is 1.98. The molecule has 0 aliphatic heterocycles. The van der Waals surface area contributed by atoms with E-state index in [4.69, 9.17) is 5.73 Å². The lowest BCUT2D eigenvalue weighted by Gasteiger charge is -2.08. The van der Waals surface area contributed by atoms with E-state index >= 15 is 0 Å². The van der Waals surface area contributed by atoms with E-state index in [9.17, 15) is 10.1 Å². The molecule has 1 heterocycles. The van der Waals surface area contributed by atoms with Gasteiger partial charge in [-0.15, -0.1) is 0 Å². The summed E-state index contributed by atoms with van der Waals surface area (Å²) in [5.41, 5.74) is 7.82. The van der Waals surface area contributed by atoms with E-state index in [1.165, 1.54) is 16.4 Å². The van der Waals surface area contributed by atoms with Gasteiger partial charge in [0.25, 0.3) is 0 Å². The molecule has 0 aliphatic carbocycles. The summed E-state index contributed by atoms with van der Waals surface area (Å²) in [5.74, 6) is 0.0888. The van der Waals surface area contributed by atoms with Crippen LogP contribution in [0, 0.1) is 10.1 Å². The van der Waals surface area contributed by atoms with Crippen LogP contribution >= 0.6 is 0 Å². The van der Waals surface area contributed by atoms with Crippen LogP contribution < -0.4 is 5.73 Å². The molecule has 6 nitrogen and oxygen atoms in total. The number of anilines is 1. The molecule has 0 spiro atoms. The van der Waals surface area contributed by atoms with E-state index in [-0.39, 0.29) is 11.5 Å². The highest BCUT2D eigenvalue weighted by Crippen LogP contribution is 2.21. The fourth-order valence-electron chi connectivity index (χ4n) is 1.87. The van der Waals surface area contributed by atoms with Gasteiger partial charge in [0.15, 0.2) is 0 Å². The summed E-state index contributed by atoms with van der Waals surface area (Å²) in [5, 5.41) is 14.6. The van der Waals surface area contributed by atoms with Gasteiger partial charge in [-0.3, -0.25) is 10.1 Å². The molecule has 0 atom stereocenters. The third-order valence-electron chi connectivity index (χ3n) is 2.88. The van der Waals surface area contributed by atoms with Gasteiger partial charge in [0.05, 0.1) is 11.5 Å². The largest absolute Gasteiger partial charge is 0.378 e. The zero-order valence-electron chi connectivity index (χ0n) is 10.0. The smallest absolute Gasteiger partial charge is 0.330 e. The van der Waals surface area contributed by atoms with Crippen molar-refractivity contribution in [3.63, 3.8) is 0 Å². The molecule has 0 aliphatic rings. The van der Waals surface area contributed by atoms with E-state index in [0.717, 1.165) is 12.0 Å². The van der Waals surface area contributed by atoms with Gasteiger partial charge in [0.2, 0.25) is 5.82 Å². The second-order valence-corrected chi connectivity index (χ2v) is 3.95. The van der Waals surface area contributed by atoms with Crippen molar-refractivity contribution in [3.05, 3.63) is 51.7 Å². The zero-order valence-corrected chi connectivity index (χ0v) is 10.0. The Morgan fingerprint density at radius 2 is 2.06 bits per heavy atom. The minimum Gasteiger partial charge on any atom is -0.378 e. The summed E-state index contributed by atoms with van der Waals surface area (Å²) >= 11 is 0. The lowest BCUT2D eigenvalue weighted by atomic mass is 10.1. The highest BCUT2D eigenvalue weighted by molar-refractivity contribution is 5.51. The van der Waals surface area contributed by atoms with Crippen LogP contribution in [0.3, 0.4) is 0 Å². The van der Waals surface area contributed by atoms with Crippen LogP contribution in [0.1, 0.15) is 18.1 Å². The second-order valence-electron chi connectivity index (χ2n) is 3.95. The molecule has 1 aromatic heterocycles. The van der Waals surface area contributed by atoms with Crippen molar-refractivity contribution in [1.29, 1.82) is 0 Å². The Kier molecular flexibility index (Phi) is 3.27. The predicted molar refractivity (Wildman–Crippen MR) is 68.2 cm³/mol. The number of hydrogen-bond acceptors (Lipinski definition) is 4. The molecule has 1 aromatic carbocycles. The Labute approximate surface area is 104 Å². The maximum atomic E-state index is 10.7. The monoisotopic (exact) mass is 246 g/mol. The molecule has 0 amide bonds. The molecule has 0 radical (unpaired) electrons. The summed E-state index contributed by atoms with van der Waals surface area (Å²) in [6.07, 6.45) is 2.09. The molecule has 94 valence electrons. The number of hydrogen-bond donors (Lipinski definition) is 1. The molecule has 0 bridgehead atoms. The van der Waals surface area contributed by atoms with Gasteiger partial charge < -0.3 is 5.73 Å². The van der Waals surface area contributed by atoms with Crippen LogP contribution in [0.25, 0.3) is 0 Å². The Morgan fingerprint density at radius 1 is 1.39 bits per heavy atom. The molecule has 2 rings (SSSR count). The van der Waals surface area contributed by atoms with Crippen LogP contribution in [-0.2, 0) is 13.0 Å². The standard InChI is InChI=1S/C12H14N4O2/c1-2-9-5-3-4-6-10(9)8-15-12(13)11(7-14-15)16(17)18/h3-7H,2,8,13H2,1H3. The number of benzene rings is 1. The third kappa shape index (κ3) is 2.17. The Morgan fingerprint density at radius 3 is 2.61 bits per heavy atom. The molecule has 0 fully saturated rings. The fraction of sp³-hybridized carbons (Fsp3) is 0.250. The average molecular weight is 246 g/mol. The van der Waals surface area contributed by atoms with Crippen LogP contribution in [0.15, 0.2) is 30.5 Å². The molecular weight excluding hydrogens is 232 g/mol. The molecule has 0 saturated heterocycles. The first-order chi connectivity index (χ1) is 8.63. The van der Waals surface area contributed by atoms with Gasteiger partial charge >= 0.3 is 5.69 Å². The fourth-order valence-corrected chi connectivity index (χ4v) is 1.87. The van der Waals surface area contributed by atoms with Crippen molar-refractivity contribution in [1.82, 2.24) is 9.78 Å². The van der Waals surface area contributed by atoms with Gasteiger partial charge in [-0.1, -0.05) is 31.2 Å². The first-order valence-corrected chi connectivity index (χ1v) is 5.66. The summed E-state index contributed by atoms with van der Waals surface area (Å²) in [7, 11) is 0. The molecule has 6 heteroatoms. The molecular formula is C12H14N4O2. The van der Waals surface area contributed by atoms with Crippen molar-refractivity contribution in [2.24, 2.45) is 0 Å². The summed E-state index contributed by atoms with van der Waals surface area (Å²) in [6.45, 7) is 2.51. The van der Waals surface area contributed by atoms with Gasteiger partial charge in [-0.25, -0.2) is 4.68 Å². The first-order valence-electron chi connectivity index (χ1n) is 5.66. The molecule has 0 saturated carbocycles. The van der Waals surface area contributed by atoms with Crippen molar-refractivity contribution in [2.45, 2.75) is 19.9 Å². The normalized spacial score (nSPS) is 10.5. The quantitative estimate of drug-likeness (QED) is 0.660. The second kappa shape index (κ2) is 4.87. The number of aryl methyl sites for hydroxylation is 1. The summed E-state index contributed by atoms with van der Waals surface area (Å²) < 4.78 is 1.45. The summed E-state index contributed by atoms with van der Waals surface area (Å²) in [4.78, 5) is 10.2. The maximum Gasteiger partial charge on any atom is 0.330 e. The van der Waals surface area contributed by atoms with Gasteiger partial charge in [0.1, 0.15) is 6.20 Å². The minimum atomic E-state index is -0.523. The van der Waals surface area contributed by atoms with Crippen LogP contribution in [-0.4, -0.2) is 14.7 Å². The number of aromatic nitrogens is 2. The van der Waals surface area contributed by atoms with Gasteiger partial charge in [-0.05, 0) is 17.5 Å². The highest BCUT2D eigenvalue weighted by Gasteiger charge is 2.17. The van der Waals surface area contributed by atoms with Crippen LogP contribution in [0.2, 0.25) is 0 Å². The lowest BCUT2D eigenvalue weighted by Crippen LogP contribution is -2.08. The number of nitrogen functional groups attached to an aromatic ring is 1. The molecule has 2 N–H and O–H groups in total. The van der Waals surface area contributed by atoms with E-state index in [1.54, 1.807) is 0 Å². The maximum absolute atomic E-state index is 10.7. The first kappa shape index (κ1) is 12.1. The SMILES string of the molecule is CCc1ccccc1Cn1ncc([N+](=O)[O-])c1N. The lowest BCUT2D eigenvalue weighted by molar-refractivity contribution is -0.384. The zero-order chi connectivity index (χ0) is 13.1. The van der Waals surface area contributed by atoms with Crippen molar-refractivity contribution in [2.75, 3.05) is 5.73 Å². The van der Waals surface area contributed by atoms with Gasteiger partial charge in [-0.2, -0.15) is 5.10 Å². The van der Waals surface area contributed by atoms with E-state index < -0.39 is 4.92 Å². The van der Waals surface area contributed by atoms with E-state index in [2.05, 4.69) is 12.0 Å². The number of nitro groups is 1. The number of nitrogens with two attached hydrogens (primary N) is 1. The molecule has 18 heavy (non-hydrogen) atoms. The average Bonchev–Trinajstić information content (AvgIpc) is 2.72. The van der Waals surface area contributed by atoms with E-state index in [0.29, 0.717) is 6.54 Å². The van der Waals surface area contributed by atoms with Crippen LogP contribution in [0.4, 0.5) is 11.5 Å². The highest BCUT2D eigenvalue weighted by atomic mass is 16.6. The topological polar surface area (TPSA) is 87.0 Å². The van der Waals surface area contributed by atoms with E-state index in [1.807, 2.05) is 24.3 Å². The Bertz CT molecular complexity index is 577. The number of rotatable bonds is 4. The van der Waals surface area contributed by atoms with Crippen molar-refractivity contribution in [3.8, 4) is 0 Å². The van der Waals surface area contributed by atoms with Crippen molar-refractivity contribution < 1.29 is 4.92 Å². The molecule has 2 aromatic rings. The Balaban J connectivity index is 2.32. The number of nitrogens with zero attached hydrogens (tertiary/aromatic N) is 3. The van der Waals surface area contributed by atoms with Crippen LogP contribution in [0.5, 0.6) is 0 Å². The molecule has 0 unspecified atom stereocenters.